The Morgan fingerprint density at radius 3 is 2.85 bits per heavy atom. The monoisotopic (exact) mass is 386 g/mol. The molecule has 0 aliphatic rings. The third kappa shape index (κ3) is 4.97. The van der Waals surface area contributed by atoms with Crippen molar-refractivity contribution in [2.45, 2.75) is 20.6 Å². The molecule has 0 radical (unpaired) electrons. The number of thiocarbonyl (C=S) groups is 1. The molecule has 2 aromatic carbocycles. The van der Waals surface area contributed by atoms with Crippen LogP contribution in [0.5, 0.6) is 5.75 Å². The number of rotatable bonds is 5. The highest BCUT2D eigenvalue weighted by molar-refractivity contribution is 7.80. The molecule has 0 atom stereocenters. The molecule has 26 heavy (non-hydrogen) atoms. The molecule has 0 saturated carbocycles. The lowest BCUT2D eigenvalue weighted by molar-refractivity contribution is 0.221. The fourth-order valence-electron chi connectivity index (χ4n) is 2.35. The summed E-state index contributed by atoms with van der Waals surface area (Å²) < 4.78 is 7.33. The van der Waals surface area contributed by atoms with Gasteiger partial charge in [-0.3, -0.25) is 0 Å². The molecule has 3 rings (SSSR count). The van der Waals surface area contributed by atoms with Gasteiger partial charge in [0.15, 0.2) is 11.8 Å². The number of hydrogen-bond acceptors (Lipinski definition) is 3. The van der Waals surface area contributed by atoms with Gasteiger partial charge in [0, 0.05) is 10.7 Å². The van der Waals surface area contributed by atoms with Crippen LogP contribution in [0.4, 0.5) is 11.4 Å². The van der Waals surface area contributed by atoms with E-state index >= 15 is 0 Å². The summed E-state index contributed by atoms with van der Waals surface area (Å²) in [7, 11) is 0. The second-order valence-electron chi connectivity index (χ2n) is 5.90. The summed E-state index contributed by atoms with van der Waals surface area (Å²) in [6.07, 6.45) is 3.51. The number of anilines is 2. The van der Waals surface area contributed by atoms with Crippen LogP contribution < -0.4 is 15.4 Å². The number of ether oxygens (including phenoxy) is 1. The Bertz CT molecular complexity index is 925. The summed E-state index contributed by atoms with van der Waals surface area (Å²) >= 11 is 11.3. The first-order valence-corrected chi connectivity index (χ1v) is 8.84. The standard InChI is InChI=1S/C19H19ClN4OS/c1-13-6-7-14(2)18(8-13)23-19(26)22-16-10-21-24(11-16)12-25-17-5-3-4-15(20)9-17/h3-11H,12H2,1-2H3,(H2,22,23,26). The molecule has 0 bridgehead atoms. The van der Waals surface area contributed by atoms with E-state index in [1.54, 1.807) is 23.0 Å². The molecule has 0 unspecified atom stereocenters. The van der Waals surface area contributed by atoms with Crippen molar-refractivity contribution >= 4 is 40.3 Å². The predicted molar refractivity (Wildman–Crippen MR) is 110 cm³/mol. The predicted octanol–water partition coefficient (Wildman–Crippen LogP) is 5.00. The molecule has 1 heterocycles. The summed E-state index contributed by atoms with van der Waals surface area (Å²) in [6.45, 7) is 4.36. The average molecular weight is 387 g/mol. The number of halogens is 1. The molecule has 7 heteroatoms. The van der Waals surface area contributed by atoms with Gasteiger partial charge in [0.2, 0.25) is 0 Å². The van der Waals surface area contributed by atoms with E-state index in [0.717, 1.165) is 16.9 Å². The van der Waals surface area contributed by atoms with Crippen LogP contribution in [0.1, 0.15) is 11.1 Å². The Labute approximate surface area is 162 Å². The zero-order chi connectivity index (χ0) is 18.5. The number of aromatic nitrogens is 2. The smallest absolute Gasteiger partial charge is 0.180 e. The molecule has 0 spiro atoms. The van der Waals surface area contributed by atoms with Crippen LogP contribution in [0.15, 0.2) is 54.9 Å². The van der Waals surface area contributed by atoms with E-state index in [4.69, 9.17) is 28.6 Å². The molecule has 5 nitrogen and oxygen atoms in total. The topological polar surface area (TPSA) is 51.1 Å². The Kier molecular flexibility index (Phi) is 5.75. The number of aryl methyl sites for hydroxylation is 2. The van der Waals surface area contributed by atoms with Crippen LogP contribution in [-0.4, -0.2) is 14.9 Å². The van der Waals surface area contributed by atoms with Gasteiger partial charge in [-0.1, -0.05) is 29.8 Å². The minimum absolute atomic E-state index is 0.277. The van der Waals surface area contributed by atoms with Gasteiger partial charge in [-0.15, -0.1) is 0 Å². The quantitative estimate of drug-likeness (QED) is 0.604. The Balaban J connectivity index is 1.56. The first-order valence-electron chi connectivity index (χ1n) is 8.06. The molecule has 2 N–H and O–H groups in total. The zero-order valence-corrected chi connectivity index (χ0v) is 16.1. The molecule has 3 aromatic rings. The van der Waals surface area contributed by atoms with Gasteiger partial charge in [0.1, 0.15) is 5.75 Å². The average Bonchev–Trinajstić information content (AvgIpc) is 3.04. The van der Waals surface area contributed by atoms with Crippen molar-refractivity contribution in [3.8, 4) is 5.75 Å². The van der Waals surface area contributed by atoms with Crippen molar-refractivity contribution in [1.29, 1.82) is 0 Å². The van der Waals surface area contributed by atoms with Gasteiger partial charge in [-0.2, -0.15) is 5.10 Å². The molecule has 0 fully saturated rings. The fourth-order valence-corrected chi connectivity index (χ4v) is 2.76. The molecule has 134 valence electrons. The van der Waals surface area contributed by atoms with E-state index in [1.165, 1.54) is 5.56 Å². The summed E-state index contributed by atoms with van der Waals surface area (Å²) in [5, 5.41) is 11.7. The van der Waals surface area contributed by atoms with Gasteiger partial charge < -0.3 is 15.4 Å². The highest BCUT2D eigenvalue weighted by atomic mass is 35.5. The molecule has 0 amide bonds. The number of hydrogen-bond donors (Lipinski definition) is 2. The van der Waals surface area contributed by atoms with Crippen molar-refractivity contribution in [3.05, 3.63) is 71.0 Å². The van der Waals surface area contributed by atoms with E-state index in [9.17, 15) is 0 Å². The maximum absolute atomic E-state index is 5.94. The van der Waals surface area contributed by atoms with Gasteiger partial charge in [-0.25, -0.2) is 4.68 Å². The summed E-state index contributed by atoms with van der Waals surface area (Å²) in [6, 6.07) is 13.4. The van der Waals surface area contributed by atoms with Crippen LogP contribution in [0.3, 0.4) is 0 Å². The lowest BCUT2D eigenvalue weighted by atomic mass is 10.1. The molecule has 0 aliphatic carbocycles. The Morgan fingerprint density at radius 2 is 2.04 bits per heavy atom. The third-order valence-corrected chi connectivity index (χ3v) is 4.13. The lowest BCUT2D eigenvalue weighted by Crippen LogP contribution is -2.19. The molecule has 0 saturated heterocycles. The highest BCUT2D eigenvalue weighted by Crippen LogP contribution is 2.18. The van der Waals surface area contributed by atoms with Gasteiger partial charge in [0.25, 0.3) is 0 Å². The van der Waals surface area contributed by atoms with Crippen molar-refractivity contribution in [2.24, 2.45) is 0 Å². The molecule has 1 aromatic heterocycles. The van der Waals surface area contributed by atoms with Crippen molar-refractivity contribution in [2.75, 3.05) is 10.6 Å². The van der Waals surface area contributed by atoms with Crippen LogP contribution in [0.2, 0.25) is 5.02 Å². The first kappa shape index (κ1) is 18.2. The molecular weight excluding hydrogens is 368 g/mol. The van der Waals surface area contributed by atoms with Crippen LogP contribution >= 0.6 is 23.8 Å². The van der Waals surface area contributed by atoms with Crippen molar-refractivity contribution < 1.29 is 4.74 Å². The van der Waals surface area contributed by atoms with Crippen LogP contribution in [0.25, 0.3) is 0 Å². The summed E-state index contributed by atoms with van der Waals surface area (Å²) in [5.41, 5.74) is 4.07. The number of nitrogens with one attached hydrogen (secondary N) is 2. The second-order valence-corrected chi connectivity index (χ2v) is 6.74. The maximum Gasteiger partial charge on any atom is 0.180 e. The summed E-state index contributed by atoms with van der Waals surface area (Å²) in [4.78, 5) is 0. The fraction of sp³-hybridized carbons (Fsp3) is 0.158. The second kappa shape index (κ2) is 8.21. The SMILES string of the molecule is Cc1ccc(C)c(NC(=S)Nc2cnn(COc3cccc(Cl)c3)c2)c1. The lowest BCUT2D eigenvalue weighted by Gasteiger charge is -2.12. The third-order valence-electron chi connectivity index (χ3n) is 3.69. The first-order chi connectivity index (χ1) is 12.5. The Hall–Kier alpha value is -2.57. The molecular formula is C19H19ClN4OS. The van der Waals surface area contributed by atoms with Crippen molar-refractivity contribution in [3.63, 3.8) is 0 Å². The van der Waals surface area contributed by atoms with Crippen LogP contribution in [-0.2, 0) is 6.73 Å². The van der Waals surface area contributed by atoms with E-state index in [-0.39, 0.29) is 6.73 Å². The molecule has 0 aliphatic heterocycles. The summed E-state index contributed by atoms with van der Waals surface area (Å²) in [5.74, 6) is 0.689. The largest absolute Gasteiger partial charge is 0.471 e. The van der Waals surface area contributed by atoms with E-state index < -0.39 is 0 Å². The number of nitrogens with zero attached hydrogens (tertiary/aromatic N) is 2. The zero-order valence-electron chi connectivity index (χ0n) is 14.5. The normalized spacial score (nSPS) is 10.4. The highest BCUT2D eigenvalue weighted by Gasteiger charge is 2.05. The van der Waals surface area contributed by atoms with E-state index in [0.29, 0.717) is 15.9 Å². The van der Waals surface area contributed by atoms with Gasteiger partial charge in [0.05, 0.1) is 18.1 Å². The van der Waals surface area contributed by atoms with Crippen molar-refractivity contribution in [1.82, 2.24) is 9.78 Å². The maximum atomic E-state index is 5.94. The Morgan fingerprint density at radius 1 is 1.19 bits per heavy atom. The van der Waals surface area contributed by atoms with Gasteiger partial charge in [-0.05, 0) is 61.5 Å². The minimum atomic E-state index is 0.277. The van der Waals surface area contributed by atoms with E-state index in [1.807, 2.05) is 32.2 Å². The van der Waals surface area contributed by atoms with E-state index in [2.05, 4.69) is 33.9 Å². The van der Waals surface area contributed by atoms with Gasteiger partial charge >= 0.3 is 0 Å². The van der Waals surface area contributed by atoms with Crippen LogP contribution in [0, 0.1) is 13.8 Å². The minimum Gasteiger partial charge on any atom is -0.471 e. The number of benzene rings is 2.